The second-order valence-corrected chi connectivity index (χ2v) is 4.49. The predicted octanol–water partition coefficient (Wildman–Crippen LogP) is 0.836. The van der Waals surface area contributed by atoms with Crippen molar-refractivity contribution in [3.05, 3.63) is 0 Å². The van der Waals surface area contributed by atoms with Crippen molar-refractivity contribution in [2.75, 3.05) is 46.6 Å². The van der Waals surface area contributed by atoms with Gasteiger partial charge in [-0.1, -0.05) is 0 Å². The Balaban J connectivity index is 1.99. The van der Waals surface area contributed by atoms with Gasteiger partial charge in [-0.25, -0.2) is 0 Å². The zero-order chi connectivity index (χ0) is 12.5. The molecule has 0 amide bonds. The van der Waals surface area contributed by atoms with Gasteiger partial charge in [-0.2, -0.15) is 0 Å². The van der Waals surface area contributed by atoms with E-state index in [0.29, 0.717) is 25.6 Å². The van der Waals surface area contributed by atoms with Crippen LogP contribution in [0.25, 0.3) is 0 Å². The molecular weight excluding hydrogens is 222 g/mol. The summed E-state index contributed by atoms with van der Waals surface area (Å²) in [7, 11) is 1.66. The summed E-state index contributed by atoms with van der Waals surface area (Å²) in [5.41, 5.74) is 0. The van der Waals surface area contributed by atoms with Crippen molar-refractivity contribution in [1.29, 1.82) is 0 Å². The van der Waals surface area contributed by atoms with Crippen LogP contribution in [0.3, 0.4) is 0 Å². The molecule has 17 heavy (non-hydrogen) atoms. The summed E-state index contributed by atoms with van der Waals surface area (Å²) < 4.78 is 10.3. The van der Waals surface area contributed by atoms with E-state index in [2.05, 4.69) is 4.90 Å². The predicted molar refractivity (Wildman–Crippen MR) is 64.1 cm³/mol. The molecule has 0 bridgehead atoms. The lowest BCUT2D eigenvalue weighted by molar-refractivity contribution is -0.137. The van der Waals surface area contributed by atoms with Gasteiger partial charge in [0.2, 0.25) is 0 Å². The molecule has 5 nitrogen and oxygen atoms in total. The molecule has 5 heteroatoms. The first-order valence-corrected chi connectivity index (χ1v) is 6.23. The molecule has 1 rings (SSSR count). The Bertz CT molecular complexity index is 223. The fourth-order valence-corrected chi connectivity index (χ4v) is 2.12. The maximum Gasteiger partial charge on any atom is 0.303 e. The molecule has 0 spiro atoms. The molecule has 0 aromatic rings. The fourth-order valence-electron chi connectivity index (χ4n) is 2.12. The minimum absolute atomic E-state index is 0.294. The van der Waals surface area contributed by atoms with E-state index in [1.54, 1.807) is 7.11 Å². The average molecular weight is 245 g/mol. The van der Waals surface area contributed by atoms with Gasteiger partial charge in [0.25, 0.3) is 0 Å². The van der Waals surface area contributed by atoms with Crippen LogP contribution in [-0.4, -0.2) is 62.5 Å². The van der Waals surface area contributed by atoms with Crippen LogP contribution in [-0.2, 0) is 14.3 Å². The lowest BCUT2D eigenvalue weighted by Gasteiger charge is -2.15. The molecule has 0 saturated carbocycles. The molecule has 1 aliphatic rings. The number of rotatable bonds is 9. The Morgan fingerprint density at radius 3 is 2.94 bits per heavy atom. The van der Waals surface area contributed by atoms with Crippen LogP contribution in [0.2, 0.25) is 0 Å². The monoisotopic (exact) mass is 245 g/mol. The van der Waals surface area contributed by atoms with Gasteiger partial charge >= 0.3 is 5.97 Å². The molecule has 0 aliphatic carbocycles. The third-order valence-electron chi connectivity index (χ3n) is 3.12. The summed E-state index contributed by atoms with van der Waals surface area (Å²) in [6, 6.07) is 0. The summed E-state index contributed by atoms with van der Waals surface area (Å²) in [5.74, 6) is -0.142. The van der Waals surface area contributed by atoms with Gasteiger partial charge in [-0.3, -0.25) is 4.79 Å². The summed E-state index contributed by atoms with van der Waals surface area (Å²) in [4.78, 5) is 12.8. The van der Waals surface area contributed by atoms with Crippen molar-refractivity contribution in [2.24, 2.45) is 5.92 Å². The number of carboxylic acid groups (broad SMARTS) is 1. The number of nitrogens with zero attached hydrogens (tertiary/aromatic N) is 1. The molecule has 1 aliphatic heterocycles. The van der Waals surface area contributed by atoms with Crippen LogP contribution in [0.5, 0.6) is 0 Å². The topological polar surface area (TPSA) is 59.0 Å². The molecule has 100 valence electrons. The van der Waals surface area contributed by atoms with E-state index in [1.807, 2.05) is 0 Å². The van der Waals surface area contributed by atoms with Gasteiger partial charge in [0.05, 0.1) is 19.8 Å². The molecule has 0 aromatic heterocycles. The lowest BCUT2D eigenvalue weighted by atomic mass is 10.0. The molecular formula is C12H23NO4. The molecule has 0 aromatic carbocycles. The van der Waals surface area contributed by atoms with Crippen molar-refractivity contribution >= 4 is 5.97 Å². The maximum absolute atomic E-state index is 10.5. The van der Waals surface area contributed by atoms with Gasteiger partial charge in [0.1, 0.15) is 0 Å². The van der Waals surface area contributed by atoms with E-state index in [4.69, 9.17) is 14.6 Å². The Morgan fingerprint density at radius 2 is 2.24 bits per heavy atom. The quantitative estimate of drug-likeness (QED) is 0.610. The van der Waals surface area contributed by atoms with Crippen molar-refractivity contribution in [1.82, 2.24) is 4.90 Å². The van der Waals surface area contributed by atoms with Crippen LogP contribution < -0.4 is 0 Å². The standard InChI is InChI=1S/C12H23NO4/c1-16-8-9-17-7-6-13-5-4-11(10-13)2-3-12(14)15/h11H,2-10H2,1H3,(H,14,15). The number of ether oxygens (including phenoxy) is 2. The van der Waals surface area contributed by atoms with E-state index in [1.165, 1.54) is 0 Å². The van der Waals surface area contributed by atoms with Crippen LogP contribution in [0.15, 0.2) is 0 Å². The van der Waals surface area contributed by atoms with Gasteiger partial charge in [-0.05, 0) is 25.3 Å². The largest absolute Gasteiger partial charge is 0.481 e. The van der Waals surface area contributed by atoms with Crippen molar-refractivity contribution in [3.63, 3.8) is 0 Å². The second kappa shape index (κ2) is 8.44. The van der Waals surface area contributed by atoms with Gasteiger partial charge < -0.3 is 19.5 Å². The first kappa shape index (κ1) is 14.4. The van der Waals surface area contributed by atoms with Crippen molar-refractivity contribution < 1.29 is 19.4 Å². The molecule has 1 fully saturated rings. The van der Waals surface area contributed by atoms with Crippen LogP contribution >= 0.6 is 0 Å². The fraction of sp³-hybridized carbons (Fsp3) is 0.917. The Labute approximate surface area is 103 Å². The molecule has 1 N–H and O–H groups in total. The van der Waals surface area contributed by atoms with E-state index in [0.717, 1.165) is 39.1 Å². The van der Waals surface area contributed by atoms with Gasteiger partial charge in [-0.15, -0.1) is 0 Å². The number of methoxy groups -OCH3 is 1. The highest BCUT2D eigenvalue weighted by Gasteiger charge is 2.22. The minimum Gasteiger partial charge on any atom is -0.481 e. The zero-order valence-corrected chi connectivity index (χ0v) is 10.6. The van der Waals surface area contributed by atoms with E-state index < -0.39 is 5.97 Å². The van der Waals surface area contributed by atoms with Crippen molar-refractivity contribution in [2.45, 2.75) is 19.3 Å². The number of hydrogen-bond acceptors (Lipinski definition) is 4. The highest BCUT2D eigenvalue weighted by molar-refractivity contribution is 5.66. The van der Waals surface area contributed by atoms with E-state index in [9.17, 15) is 4.79 Å². The molecule has 1 saturated heterocycles. The van der Waals surface area contributed by atoms with Gasteiger partial charge in [0.15, 0.2) is 0 Å². The molecule has 1 heterocycles. The smallest absolute Gasteiger partial charge is 0.303 e. The minimum atomic E-state index is -0.689. The SMILES string of the molecule is COCCOCCN1CCC(CCC(=O)O)C1. The van der Waals surface area contributed by atoms with E-state index >= 15 is 0 Å². The Hall–Kier alpha value is -0.650. The average Bonchev–Trinajstić information content (AvgIpc) is 2.74. The normalized spacial score (nSPS) is 20.9. The summed E-state index contributed by atoms with van der Waals surface area (Å²) in [6.45, 7) is 5.04. The summed E-state index contributed by atoms with van der Waals surface area (Å²) >= 11 is 0. The van der Waals surface area contributed by atoms with E-state index in [-0.39, 0.29) is 0 Å². The number of hydrogen-bond donors (Lipinski definition) is 1. The Morgan fingerprint density at radius 1 is 1.41 bits per heavy atom. The summed E-state index contributed by atoms with van der Waals surface area (Å²) in [6.07, 6.45) is 2.21. The maximum atomic E-state index is 10.5. The van der Waals surface area contributed by atoms with Crippen LogP contribution in [0, 0.1) is 5.92 Å². The number of aliphatic carboxylic acids is 1. The second-order valence-electron chi connectivity index (χ2n) is 4.49. The number of carbonyl (C=O) groups is 1. The molecule has 1 atom stereocenters. The van der Waals surface area contributed by atoms with Gasteiger partial charge in [0, 0.05) is 26.6 Å². The number of carboxylic acids is 1. The highest BCUT2D eigenvalue weighted by Crippen LogP contribution is 2.20. The highest BCUT2D eigenvalue weighted by atomic mass is 16.5. The van der Waals surface area contributed by atoms with Crippen LogP contribution in [0.4, 0.5) is 0 Å². The molecule has 1 unspecified atom stereocenters. The Kier molecular flexibility index (Phi) is 7.16. The van der Waals surface area contributed by atoms with Crippen molar-refractivity contribution in [3.8, 4) is 0 Å². The first-order valence-electron chi connectivity index (χ1n) is 6.23. The zero-order valence-electron chi connectivity index (χ0n) is 10.6. The summed E-state index contributed by atoms with van der Waals surface area (Å²) in [5, 5.41) is 8.62. The third kappa shape index (κ3) is 6.61. The first-order chi connectivity index (χ1) is 8.22. The third-order valence-corrected chi connectivity index (χ3v) is 3.12. The lowest BCUT2D eigenvalue weighted by Crippen LogP contribution is -2.25. The number of likely N-dealkylation sites (tertiary alicyclic amines) is 1. The van der Waals surface area contributed by atoms with Crippen LogP contribution in [0.1, 0.15) is 19.3 Å². The molecule has 0 radical (unpaired) electrons.